The molecular formula is C17H15BrN6O. The molecule has 0 radical (unpaired) electrons. The van der Waals surface area contributed by atoms with Crippen LogP contribution in [0.5, 0.6) is 0 Å². The van der Waals surface area contributed by atoms with E-state index in [-0.39, 0.29) is 0 Å². The minimum absolute atomic E-state index is 0.409. The fourth-order valence-electron chi connectivity index (χ4n) is 3.01. The van der Waals surface area contributed by atoms with Gasteiger partial charge in [-0.15, -0.1) is 5.10 Å². The fourth-order valence-corrected chi connectivity index (χ4v) is 3.25. The third-order valence-corrected chi connectivity index (χ3v) is 5.20. The molecule has 5 rings (SSSR count). The molecular weight excluding hydrogens is 384 g/mol. The van der Waals surface area contributed by atoms with E-state index in [4.69, 9.17) is 9.72 Å². The number of pyridine rings is 1. The van der Waals surface area contributed by atoms with Crippen molar-refractivity contribution < 1.29 is 4.74 Å². The molecule has 0 spiro atoms. The summed E-state index contributed by atoms with van der Waals surface area (Å²) in [5.74, 6) is 0.556. The first-order chi connectivity index (χ1) is 12.2. The van der Waals surface area contributed by atoms with Crippen LogP contribution in [0.1, 0.15) is 30.1 Å². The van der Waals surface area contributed by atoms with Gasteiger partial charge in [0, 0.05) is 22.8 Å². The summed E-state index contributed by atoms with van der Waals surface area (Å²) in [6, 6.07) is 3.96. The van der Waals surface area contributed by atoms with Crippen molar-refractivity contribution >= 4 is 15.9 Å². The number of nitrogens with zero attached hydrogens (tertiary/aromatic N) is 6. The van der Waals surface area contributed by atoms with Gasteiger partial charge < -0.3 is 4.74 Å². The highest BCUT2D eigenvalue weighted by Gasteiger charge is 2.45. The second kappa shape index (κ2) is 5.67. The predicted octanol–water partition coefficient (Wildman–Crippen LogP) is 2.54. The smallest absolute Gasteiger partial charge is 0.152 e. The van der Waals surface area contributed by atoms with Crippen molar-refractivity contribution in [3.05, 3.63) is 52.8 Å². The number of hydrogen-bond acceptors (Lipinski definition) is 6. The van der Waals surface area contributed by atoms with Crippen molar-refractivity contribution in [2.75, 3.05) is 13.2 Å². The van der Waals surface area contributed by atoms with Gasteiger partial charge in [-0.1, -0.05) is 5.21 Å². The van der Waals surface area contributed by atoms with Gasteiger partial charge in [-0.2, -0.15) is 0 Å². The second-order valence-electron chi connectivity index (χ2n) is 6.54. The standard InChI is InChI=1S/C17H15BrN6O/c18-12-3-4-16(20-5-12)17(9-25-10-17)24-8-15(22-23-24)14-7-19-6-13(21-14)11-1-2-11/h3-8,11H,1-2,9-10H2. The Morgan fingerprint density at radius 2 is 2.00 bits per heavy atom. The van der Waals surface area contributed by atoms with Crippen LogP contribution < -0.4 is 0 Å². The topological polar surface area (TPSA) is 78.6 Å². The van der Waals surface area contributed by atoms with E-state index in [1.54, 1.807) is 12.4 Å². The Morgan fingerprint density at radius 3 is 2.68 bits per heavy atom. The van der Waals surface area contributed by atoms with Gasteiger partial charge in [0.25, 0.3) is 0 Å². The monoisotopic (exact) mass is 398 g/mol. The molecule has 0 aromatic carbocycles. The van der Waals surface area contributed by atoms with Gasteiger partial charge in [-0.25, -0.2) is 9.67 Å². The first-order valence-corrected chi connectivity index (χ1v) is 8.99. The van der Waals surface area contributed by atoms with Crippen molar-refractivity contribution in [1.82, 2.24) is 29.9 Å². The zero-order chi connectivity index (χ0) is 16.9. The van der Waals surface area contributed by atoms with Crippen molar-refractivity contribution in [2.45, 2.75) is 24.3 Å². The van der Waals surface area contributed by atoms with Gasteiger partial charge in [-0.05, 0) is 40.9 Å². The summed E-state index contributed by atoms with van der Waals surface area (Å²) in [6.07, 6.45) is 9.67. The zero-order valence-electron chi connectivity index (χ0n) is 13.3. The molecule has 2 fully saturated rings. The number of rotatable bonds is 4. The summed E-state index contributed by atoms with van der Waals surface area (Å²) in [6.45, 7) is 1.05. The van der Waals surface area contributed by atoms with Crippen LogP contribution in [0.4, 0.5) is 0 Å². The average molecular weight is 399 g/mol. The maximum Gasteiger partial charge on any atom is 0.152 e. The van der Waals surface area contributed by atoms with Gasteiger partial charge in [-0.3, -0.25) is 9.97 Å². The summed E-state index contributed by atoms with van der Waals surface area (Å²) >= 11 is 3.42. The number of halogens is 1. The molecule has 1 aliphatic heterocycles. The molecule has 126 valence electrons. The molecule has 3 aromatic rings. The first-order valence-electron chi connectivity index (χ1n) is 8.19. The van der Waals surface area contributed by atoms with Gasteiger partial charge in [0.15, 0.2) is 5.54 Å². The van der Waals surface area contributed by atoms with Crippen molar-refractivity contribution in [3.63, 3.8) is 0 Å². The van der Waals surface area contributed by atoms with Crippen molar-refractivity contribution in [2.24, 2.45) is 0 Å². The molecule has 8 heteroatoms. The Labute approximate surface area is 152 Å². The van der Waals surface area contributed by atoms with Crippen LogP contribution in [0.15, 0.2) is 41.4 Å². The Hall–Kier alpha value is -2.19. The number of aromatic nitrogens is 6. The second-order valence-corrected chi connectivity index (χ2v) is 7.45. The van der Waals surface area contributed by atoms with E-state index in [2.05, 4.69) is 36.2 Å². The Bertz CT molecular complexity index is 917. The lowest BCUT2D eigenvalue weighted by molar-refractivity contribution is -0.0851. The van der Waals surface area contributed by atoms with Gasteiger partial charge in [0.1, 0.15) is 11.4 Å². The first kappa shape index (κ1) is 15.1. The van der Waals surface area contributed by atoms with E-state index < -0.39 is 5.54 Å². The van der Waals surface area contributed by atoms with E-state index in [9.17, 15) is 0 Å². The quantitative estimate of drug-likeness (QED) is 0.671. The SMILES string of the molecule is Brc1ccc(C2(n3cc(-c4cncc(C5CC5)n4)nn3)COC2)nc1. The van der Waals surface area contributed by atoms with Crippen LogP contribution in [0.3, 0.4) is 0 Å². The van der Waals surface area contributed by atoms with E-state index in [1.807, 2.05) is 29.2 Å². The van der Waals surface area contributed by atoms with Gasteiger partial charge in [0.2, 0.25) is 0 Å². The van der Waals surface area contributed by atoms with Gasteiger partial charge in [0.05, 0.1) is 37.0 Å². The summed E-state index contributed by atoms with van der Waals surface area (Å²) in [7, 11) is 0. The zero-order valence-corrected chi connectivity index (χ0v) is 14.9. The minimum atomic E-state index is -0.409. The highest BCUT2D eigenvalue weighted by atomic mass is 79.9. The summed E-state index contributed by atoms with van der Waals surface area (Å²) in [4.78, 5) is 13.5. The highest BCUT2D eigenvalue weighted by Crippen LogP contribution is 2.39. The molecule has 0 unspecified atom stereocenters. The fraction of sp³-hybridized carbons (Fsp3) is 0.353. The summed E-state index contributed by atoms with van der Waals surface area (Å²) in [5.41, 5.74) is 3.03. The number of hydrogen-bond donors (Lipinski definition) is 0. The molecule has 0 amide bonds. The lowest BCUT2D eigenvalue weighted by Crippen LogP contribution is -2.53. The lowest BCUT2D eigenvalue weighted by Gasteiger charge is -2.40. The molecule has 3 aromatic heterocycles. The van der Waals surface area contributed by atoms with Crippen molar-refractivity contribution in [1.29, 1.82) is 0 Å². The summed E-state index contributed by atoms with van der Waals surface area (Å²) in [5, 5.41) is 8.66. The highest BCUT2D eigenvalue weighted by molar-refractivity contribution is 9.10. The third-order valence-electron chi connectivity index (χ3n) is 4.73. The molecule has 1 saturated heterocycles. The van der Waals surface area contributed by atoms with Crippen molar-refractivity contribution in [3.8, 4) is 11.4 Å². The molecule has 1 saturated carbocycles. The molecule has 0 atom stereocenters. The predicted molar refractivity (Wildman–Crippen MR) is 92.9 cm³/mol. The van der Waals surface area contributed by atoms with Crippen LogP contribution in [-0.4, -0.2) is 43.2 Å². The molecule has 4 heterocycles. The molecule has 7 nitrogen and oxygen atoms in total. The molecule has 2 aliphatic rings. The lowest BCUT2D eigenvalue weighted by atomic mass is 9.92. The van der Waals surface area contributed by atoms with E-state index in [0.717, 1.165) is 27.2 Å². The molecule has 0 bridgehead atoms. The Kier molecular flexibility index (Phi) is 3.42. The number of ether oxygens (including phenoxy) is 1. The average Bonchev–Trinajstić information content (AvgIpc) is 3.34. The largest absolute Gasteiger partial charge is 0.375 e. The normalized spacial score (nSPS) is 18.8. The maximum absolute atomic E-state index is 5.48. The van der Waals surface area contributed by atoms with Crippen LogP contribution in [0, 0.1) is 0 Å². The third kappa shape index (κ3) is 2.56. The minimum Gasteiger partial charge on any atom is -0.375 e. The molecule has 0 N–H and O–H groups in total. The Balaban J connectivity index is 1.51. The van der Waals surface area contributed by atoms with Crippen LogP contribution in [-0.2, 0) is 10.3 Å². The van der Waals surface area contributed by atoms with E-state index >= 15 is 0 Å². The van der Waals surface area contributed by atoms with E-state index in [0.29, 0.717) is 19.1 Å². The molecule has 25 heavy (non-hydrogen) atoms. The van der Waals surface area contributed by atoms with Crippen LogP contribution in [0.2, 0.25) is 0 Å². The Morgan fingerprint density at radius 1 is 1.12 bits per heavy atom. The van der Waals surface area contributed by atoms with Crippen LogP contribution in [0.25, 0.3) is 11.4 Å². The van der Waals surface area contributed by atoms with Crippen LogP contribution >= 0.6 is 15.9 Å². The summed E-state index contributed by atoms with van der Waals surface area (Å²) < 4.78 is 8.27. The van der Waals surface area contributed by atoms with Gasteiger partial charge >= 0.3 is 0 Å². The molecule has 1 aliphatic carbocycles. The van der Waals surface area contributed by atoms with E-state index in [1.165, 1.54) is 12.8 Å². The maximum atomic E-state index is 5.48.